The van der Waals surface area contributed by atoms with E-state index >= 15 is 0 Å². The van der Waals surface area contributed by atoms with Gasteiger partial charge in [0.05, 0.1) is 0 Å². The van der Waals surface area contributed by atoms with E-state index < -0.39 is 0 Å². The molecule has 0 amide bonds. The van der Waals surface area contributed by atoms with Gasteiger partial charge in [-0.2, -0.15) is 0 Å². The van der Waals surface area contributed by atoms with Crippen molar-refractivity contribution in [3.8, 4) is 0 Å². The van der Waals surface area contributed by atoms with E-state index in [4.69, 9.17) is 0 Å². The van der Waals surface area contributed by atoms with Crippen molar-refractivity contribution in [3.05, 3.63) is 35.9 Å². The first-order valence-corrected chi connectivity index (χ1v) is 7.90. The highest BCUT2D eigenvalue weighted by Crippen LogP contribution is 2.32. The molecule has 0 aliphatic heterocycles. The van der Waals surface area contributed by atoms with Crippen LogP contribution in [0.2, 0.25) is 0 Å². The second-order valence-corrected chi connectivity index (χ2v) is 5.40. The maximum atomic E-state index is 2.46. The van der Waals surface area contributed by atoms with Gasteiger partial charge in [-0.05, 0) is 30.2 Å². The summed E-state index contributed by atoms with van der Waals surface area (Å²) in [4.78, 5) is 0. The van der Waals surface area contributed by atoms with E-state index in [1.54, 1.807) is 0 Å². The average molecular weight is 246 g/mol. The minimum Gasteiger partial charge on any atom is -0.0683 e. The Balaban J connectivity index is 0.000000771. The maximum Gasteiger partial charge on any atom is -0.0276 e. The summed E-state index contributed by atoms with van der Waals surface area (Å²) in [7, 11) is 0. The van der Waals surface area contributed by atoms with E-state index in [-0.39, 0.29) is 0 Å². The van der Waals surface area contributed by atoms with Crippen LogP contribution in [-0.2, 0) is 6.42 Å². The quantitative estimate of drug-likeness (QED) is 0.624. The molecule has 1 fully saturated rings. The molecule has 0 heterocycles. The summed E-state index contributed by atoms with van der Waals surface area (Å²) in [6.07, 6.45) is 10.0. The molecule has 1 unspecified atom stereocenters. The van der Waals surface area contributed by atoms with Crippen LogP contribution in [0.15, 0.2) is 30.3 Å². The summed E-state index contributed by atoms with van der Waals surface area (Å²) in [6, 6.07) is 10.9. The largest absolute Gasteiger partial charge is 0.0683 e. The van der Waals surface area contributed by atoms with Crippen molar-refractivity contribution in [3.63, 3.8) is 0 Å². The van der Waals surface area contributed by atoms with Crippen molar-refractivity contribution in [2.75, 3.05) is 0 Å². The van der Waals surface area contributed by atoms with Gasteiger partial charge < -0.3 is 0 Å². The smallest absolute Gasteiger partial charge is 0.0276 e. The first-order chi connectivity index (χ1) is 8.86. The van der Waals surface area contributed by atoms with Crippen LogP contribution in [0.5, 0.6) is 0 Å². The van der Waals surface area contributed by atoms with Crippen LogP contribution in [0.4, 0.5) is 0 Å². The van der Waals surface area contributed by atoms with Gasteiger partial charge in [0.2, 0.25) is 0 Å². The Hall–Kier alpha value is -0.780. The molecule has 1 atom stereocenters. The Morgan fingerprint density at radius 3 is 2.22 bits per heavy atom. The first-order valence-electron chi connectivity index (χ1n) is 7.90. The molecule has 0 radical (unpaired) electrons. The average Bonchev–Trinajstić information content (AvgIpc) is 2.49. The van der Waals surface area contributed by atoms with Crippen molar-refractivity contribution < 1.29 is 0 Å². The molecule has 0 heteroatoms. The maximum absolute atomic E-state index is 2.46. The number of benzene rings is 1. The Bertz CT molecular complexity index is 282. The minimum atomic E-state index is 0.917. The third-order valence-electron chi connectivity index (χ3n) is 4.19. The van der Waals surface area contributed by atoms with Gasteiger partial charge >= 0.3 is 0 Å². The molecule has 0 saturated heterocycles. The van der Waals surface area contributed by atoms with Crippen molar-refractivity contribution in [2.24, 2.45) is 11.8 Å². The van der Waals surface area contributed by atoms with E-state index in [1.165, 1.54) is 50.5 Å². The number of rotatable bonds is 4. The third-order valence-corrected chi connectivity index (χ3v) is 4.19. The summed E-state index contributed by atoms with van der Waals surface area (Å²) < 4.78 is 0. The third kappa shape index (κ3) is 5.25. The van der Waals surface area contributed by atoms with E-state index in [9.17, 15) is 0 Å². The molecule has 0 bridgehead atoms. The highest BCUT2D eigenvalue weighted by molar-refractivity contribution is 5.14. The molecule has 0 nitrogen and oxygen atoms in total. The summed E-state index contributed by atoms with van der Waals surface area (Å²) in [5, 5.41) is 0. The molecule has 1 saturated carbocycles. The van der Waals surface area contributed by atoms with Gasteiger partial charge in [-0.15, -0.1) is 0 Å². The monoisotopic (exact) mass is 246 g/mol. The lowest BCUT2D eigenvalue weighted by molar-refractivity contribution is 0.252. The first kappa shape index (κ1) is 15.3. The summed E-state index contributed by atoms with van der Waals surface area (Å²) in [5.74, 6) is 1.93. The molecule has 1 aliphatic carbocycles. The van der Waals surface area contributed by atoms with Gasteiger partial charge in [-0.3, -0.25) is 0 Å². The number of hydrogen-bond donors (Lipinski definition) is 0. The summed E-state index contributed by atoms with van der Waals surface area (Å²) in [6.45, 7) is 6.46. The normalized spacial score (nSPS) is 17.7. The van der Waals surface area contributed by atoms with Crippen molar-refractivity contribution >= 4 is 0 Å². The van der Waals surface area contributed by atoms with Gasteiger partial charge in [-0.1, -0.05) is 83.2 Å². The van der Waals surface area contributed by atoms with E-state index in [0.29, 0.717) is 0 Å². The lowest BCUT2D eigenvalue weighted by atomic mass is 9.78. The molecular weight excluding hydrogens is 216 g/mol. The van der Waals surface area contributed by atoms with Crippen LogP contribution < -0.4 is 0 Å². The molecule has 2 rings (SSSR count). The van der Waals surface area contributed by atoms with E-state index in [1.807, 2.05) is 13.8 Å². The zero-order valence-corrected chi connectivity index (χ0v) is 12.5. The Morgan fingerprint density at radius 2 is 1.61 bits per heavy atom. The zero-order chi connectivity index (χ0) is 13.2. The van der Waals surface area contributed by atoms with E-state index in [0.717, 1.165) is 11.8 Å². The molecule has 0 N–H and O–H groups in total. The second kappa shape index (κ2) is 9.19. The molecule has 1 aromatic rings. The summed E-state index contributed by atoms with van der Waals surface area (Å²) >= 11 is 0. The number of hydrogen-bond acceptors (Lipinski definition) is 0. The van der Waals surface area contributed by atoms with Crippen LogP contribution in [0.25, 0.3) is 0 Å². The van der Waals surface area contributed by atoms with Crippen molar-refractivity contribution in [2.45, 2.75) is 65.7 Å². The highest BCUT2D eigenvalue weighted by Gasteiger charge is 2.19. The fraction of sp³-hybridized carbons (Fsp3) is 0.667. The lowest BCUT2D eigenvalue weighted by Crippen LogP contribution is -2.15. The van der Waals surface area contributed by atoms with Crippen LogP contribution in [0, 0.1) is 11.8 Å². The molecule has 1 aromatic carbocycles. The summed E-state index contributed by atoms with van der Waals surface area (Å²) in [5.41, 5.74) is 1.50. The standard InChI is InChI=1S/C16H24.C2H6/c1-14(16-10-6-3-7-11-16)12-13-15-8-4-2-5-9-15;1-2/h2,4-5,8-9,14,16H,3,6-7,10-13H2,1H3;1-2H3. The molecule has 1 aliphatic rings. The van der Waals surface area contributed by atoms with E-state index in [2.05, 4.69) is 37.3 Å². The van der Waals surface area contributed by atoms with Crippen molar-refractivity contribution in [1.29, 1.82) is 0 Å². The SMILES string of the molecule is CC.CC(CCc1ccccc1)C1CCCCC1. The van der Waals surface area contributed by atoms with Crippen LogP contribution in [0.3, 0.4) is 0 Å². The predicted molar refractivity (Wildman–Crippen MR) is 81.9 cm³/mol. The number of aryl methyl sites for hydroxylation is 1. The Kier molecular flexibility index (Phi) is 7.80. The second-order valence-electron chi connectivity index (χ2n) is 5.40. The van der Waals surface area contributed by atoms with Gasteiger partial charge in [0.15, 0.2) is 0 Å². The topological polar surface area (TPSA) is 0 Å². The molecule has 18 heavy (non-hydrogen) atoms. The zero-order valence-electron chi connectivity index (χ0n) is 12.5. The highest BCUT2D eigenvalue weighted by atomic mass is 14.2. The molecule has 0 spiro atoms. The molecule has 102 valence electrons. The fourth-order valence-corrected chi connectivity index (χ4v) is 2.98. The Morgan fingerprint density at radius 1 is 1.00 bits per heavy atom. The van der Waals surface area contributed by atoms with Crippen LogP contribution in [0.1, 0.15) is 64.9 Å². The molecule has 0 aromatic heterocycles. The molecular formula is C18H30. The van der Waals surface area contributed by atoms with Crippen LogP contribution in [-0.4, -0.2) is 0 Å². The lowest BCUT2D eigenvalue weighted by Gasteiger charge is -2.27. The van der Waals surface area contributed by atoms with Crippen molar-refractivity contribution in [1.82, 2.24) is 0 Å². The van der Waals surface area contributed by atoms with Crippen LogP contribution >= 0.6 is 0 Å². The Labute approximate surface area is 114 Å². The van der Waals surface area contributed by atoms with Gasteiger partial charge in [0.1, 0.15) is 0 Å². The van der Waals surface area contributed by atoms with Gasteiger partial charge in [0, 0.05) is 0 Å². The van der Waals surface area contributed by atoms with Gasteiger partial charge in [0.25, 0.3) is 0 Å². The van der Waals surface area contributed by atoms with Gasteiger partial charge in [-0.25, -0.2) is 0 Å². The fourth-order valence-electron chi connectivity index (χ4n) is 2.98. The predicted octanol–water partition coefficient (Wildman–Crippen LogP) is 5.86. The minimum absolute atomic E-state index is 0.917.